The molecule has 9 nitrogen and oxygen atoms in total. The Hall–Kier alpha value is -2.55. The van der Waals surface area contributed by atoms with E-state index in [0.717, 1.165) is 42.3 Å². The summed E-state index contributed by atoms with van der Waals surface area (Å²) >= 11 is 0. The average molecular weight is 387 g/mol. The molecule has 152 valence electrons. The van der Waals surface area contributed by atoms with Crippen LogP contribution in [0.1, 0.15) is 41.7 Å². The van der Waals surface area contributed by atoms with Crippen LogP contribution in [0, 0.1) is 13.8 Å². The summed E-state index contributed by atoms with van der Waals surface area (Å²) in [5.74, 6) is 2.15. The molecule has 0 bridgehead atoms. The van der Waals surface area contributed by atoms with E-state index in [2.05, 4.69) is 24.8 Å². The highest BCUT2D eigenvalue weighted by Crippen LogP contribution is 2.27. The largest absolute Gasteiger partial charge is 0.341 e. The fourth-order valence-electron chi connectivity index (χ4n) is 3.55. The molecule has 1 aliphatic heterocycles. The first kappa shape index (κ1) is 20.2. The van der Waals surface area contributed by atoms with Gasteiger partial charge in [-0.2, -0.15) is 5.10 Å². The Kier molecular flexibility index (Phi) is 5.93. The Morgan fingerprint density at radius 3 is 2.54 bits per heavy atom. The van der Waals surface area contributed by atoms with E-state index in [1.165, 1.54) is 10.7 Å². The molecule has 0 radical (unpaired) electrons. The lowest BCUT2D eigenvalue weighted by atomic mass is 9.96. The normalized spacial score (nSPS) is 15.4. The van der Waals surface area contributed by atoms with E-state index in [1.54, 1.807) is 0 Å². The van der Waals surface area contributed by atoms with E-state index in [9.17, 15) is 9.59 Å². The Balaban J connectivity index is 1.61. The molecule has 2 aromatic rings. The van der Waals surface area contributed by atoms with Crippen LogP contribution in [-0.4, -0.2) is 67.4 Å². The lowest BCUT2D eigenvalue weighted by molar-refractivity contribution is -0.133. The number of piperidine rings is 1. The zero-order valence-electron chi connectivity index (χ0n) is 17.3. The molecule has 1 saturated heterocycles. The lowest BCUT2D eigenvalue weighted by Crippen LogP contribution is -2.42. The first-order valence-electron chi connectivity index (χ1n) is 9.62. The van der Waals surface area contributed by atoms with Gasteiger partial charge in [0.05, 0.1) is 12.2 Å². The first-order chi connectivity index (χ1) is 13.3. The maximum Gasteiger partial charge on any atom is 0.267 e. The van der Waals surface area contributed by atoms with E-state index in [4.69, 9.17) is 0 Å². The third-order valence-corrected chi connectivity index (χ3v) is 5.39. The molecule has 1 aliphatic rings. The topological polar surface area (TPSA) is 89.1 Å². The summed E-state index contributed by atoms with van der Waals surface area (Å²) in [5.41, 5.74) is 1.37. The second kappa shape index (κ2) is 8.22. The number of aryl methyl sites for hydroxylation is 2. The molecule has 28 heavy (non-hydrogen) atoms. The molecule has 0 N–H and O–H groups in total. The number of rotatable bonds is 5. The summed E-state index contributed by atoms with van der Waals surface area (Å²) in [7, 11) is 6.02. The van der Waals surface area contributed by atoms with Crippen LogP contribution in [0.25, 0.3) is 0 Å². The van der Waals surface area contributed by atoms with Crippen LogP contribution in [0.4, 0.5) is 0 Å². The minimum Gasteiger partial charge on any atom is -0.341 e. The maximum atomic E-state index is 12.6. The van der Waals surface area contributed by atoms with Gasteiger partial charge in [0.25, 0.3) is 5.56 Å². The van der Waals surface area contributed by atoms with Crippen molar-refractivity contribution in [1.29, 1.82) is 0 Å². The summed E-state index contributed by atoms with van der Waals surface area (Å²) in [6, 6.07) is 1.53. The second-order valence-corrected chi connectivity index (χ2v) is 7.83. The van der Waals surface area contributed by atoms with E-state index >= 15 is 0 Å². The summed E-state index contributed by atoms with van der Waals surface area (Å²) in [4.78, 5) is 28.6. The van der Waals surface area contributed by atoms with Crippen LogP contribution in [0.15, 0.2) is 10.9 Å². The highest BCUT2D eigenvalue weighted by atomic mass is 16.2. The van der Waals surface area contributed by atoms with Crippen molar-refractivity contribution in [3.05, 3.63) is 39.3 Å². The van der Waals surface area contributed by atoms with Crippen LogP contribution in [-0.2, 0) is 24.9 Å². The fraction of sp³-hybridized carbons (Fsp3) is 0.632. The standard InChI is InChI=1S/C19H29N7O2/c1-13-10-17(27)26(22-14(13)2)12-18(28)25-8-6-15(7-9-25)19-21-20-16(24(19)5)11-23(3)4/h10,15H,6-9,11-12H2,1-5H3. The third-order valence-electron chi connectivity index (χ3n) is 5.39. The van der Waals surface area contributed by atoms with Crippen LogP contribution < -0.4 is 5.56 Å². The van der Waals surface area contributed by atoms with Gasteiger partial charge in [0, 0.05) is 32.1 Å². The Bertz CT molecular complexity index is 907. The molecule has 0 saturated carbocycles. The molecule has 0 aliphatic carbocycles. The van der Waals surface area contributed by atoms with Crippen molar-refractivity contribution in [2.45, 2.75) is 45.7 Å². The summed E-state index contributed by atoms with van der Waals surface area (Å²) in [6.07, 6.45) is 1.68. The van der Waals surface area contributed by atoms with Crippen LogP contribution in [0.3, 0.4) is 0 Å². The van der Waals surface area contributed by atoms with Gasteiger partial charge in [0.15, 0.2) is 0 Å². The van der Waals surface area contributed by atoms with Gasteiger partial charge < -0.3 is 14.4 Å². The zero-order valence-corrected chi connectivity index (χ0v) is 17.3. The van der Waals surface area contributed by atoms with E-state index in [1.807, 2.05) is 39.9 Å². The SMILES string of the molecule is Cc1cc(=O)n(CC(=O)N2CCC(c3nnc(CN(C)C)n3C)CC2)nc1C. The summed E-state index contributed by atoms with van der Waals surface area (Å²) < 4.78 is 3.33. The number of carbonyl (C=O) groups excluding carboxylic acids is 1. The van der Waals surface area contributed by atoms with Gasteiger partial charge in [-0.05, 0) is 46.3 Å². The summed E-state index contributed by atoms with van der Waals surface area (Å²) in [6.45, 7) is 5.72. The highest BCUT2D eigenvalue weighted by Gasteiger charge is 2.27. The van der Waals surface area contributed by atoms with Crippen molar-refractivity contribution in [3.63, 3.8) is 0 Å². The van der Waals surface area contributed by atoms with Crippen LogP contribution in [0.2, 0.25) is 0 Å². The molecule has 3 heterocycles. The number of carbonyl (C=O) groups is 1. The van der Waals surface area contributed by atoms with E-state index in [-0.39, 0.29) is 18.0 Å². The third kappa shape index (κ3) is 4.30. The predicted molar refractivity (Wildman–Crippen MR) is 105 cm³/mol. The monoisotopic (exact) mass is 387 g/mol. The van der Waals surface area contributed by atoms with E-state index in [0.29, 0.717) is 19.0 Å². The van der Waals surface area contributed by atoms with Crippen molar-refractivity contribution in [1.82, 2.24) is 34.3 Å². The molecule has 9 heteroatoms. The average Bonchev–Trinajstić information content (AvgIpc) is 2.99. The molecular formula is C19H29N7O2. The van der Waals surface area contributed by atoms with Crippen LogP contribution in [0.5, 0.6) is 0 Å². The number of nitrogens with zero attached hydrogens (tertiary/aromatic N) is 7. The van der Waals surface area contributed by atoms with Gasteiger partial charge in [-0.1, -0.05) is 0 Å². The van der Waals surface area contributed by atoms with Crippen molar-refractivity contribution in [2.24, 2.45) is 7.05 Å². The molecule has 3 rings (SSSR count). The first-order valence-corrected chi connectivity index (χ1v) is 9.62. The van der Waals surface area contributed by atoms with Crippen molar-refractivity contribution in [2.75, 3.05) is 27.2 Å². The molecule has 1 amide bonds. The minimum absolute atomic E-state index is 0.0123. The Morgan fingerprint density at radius 2 is 1.89 bits per heavy atom. The molecule has 0 atom stereocenters. The molecule has 1 fully saturated rings. The van der Waals surface area contributed by atoms with Gasteiger partial charge in [-0.3, -0.25) is 9.59 Å². The molecular weight excluding hydrogens is 358 g/mol. The number of aromatic nitrogens is 5. The predicted octanol–water partition coefficient (Wildman–Crippen LogP) is 0.456. The van der Waals surface area contributed by atoms with Gasteiger partial charge in [0.2, 0.25) is 5.91 Å². The van der Waals surface area contributed by atoms with Crippen molar-refractivity contribution in [3.8, 4) is 0 Å². The Morgan fingerprint density at radius 1 is 1.21 bits per heavy atom. The molecule has 2 aromatic heterocycles. The maximum absolute atomic E-state index is 12.6. The highest BCUT2D eigenvalue weighted by molar-refractivity contribution is 5.76. The van der Waals surface area contributed by atoms with Crippen molar-refractivity contribution < 1.29 is 4.79 Å². The smallest absolute Gasteiger partial charge is 0.267 e. The zero-order chi connectivity index (χ0) is 20.4. The van der Waals surface area contributed by atoms with Gasteiger partial charge in [0.1, 0.15) is 18.2 Å². The molecule has 0 unspecified atom stereocenters. The summed E-state index contributed by atoms with van der Waals surface area (Å²) in [5, 5.41) is 12.9. The van der Waals surface area contributed by atoms with E-state index < -0.39 is 0 Å². The van der Waals surface area contributed by atoms with Gasteiger partial charge >= 0.3 is 0 Å². The van der Waals surface area contributed by atoms with Crippen LogP contribution >= 0.6 is 0 Å². The number of hydrogen-bond donors (Lipinski definition) is 0. The lowest BCUT2D eigenvalue weighted by Gasteiger charge is -2.31. The number of likely N-dealkylation sites (tertiary alicyclic amines) is 1. The quantitative estimate of drug-likeness (QED) is 0.740. The second-order valence-electron chi connectivity index (χ2n) is 7.83. The Labute approximate surface area is 165 Å². The van der Waals surface area contributed by atoms with Crippen molar-refractivity contribution >= 4 is 5.91 Å². The minimum atomic E-state index is -0.237. The van der Waals surface area contributed by atoms with Gasteiger partial charge in [-0.15, -0.1) is 10.2 Å². The molecule has 0 spiro atoms. The van der Waals surface area contributed by atoms with Gasteiger partial charge in [-0.25, -0.2) is 4.68 Å². The molecule has 0 aromatic carbocycles. The number of hydrogen-bond acceptors (Lipinski definition) is 6. The fourth-order valence-corrected chi connectivity index (χ4v) is 3.55. The number of amides is 1.